The lowest BCUT2D eigenvalue weighted by Crippen LogP contribution is -2.01. The molecule has 2 nitrogen and oxygen atoms in total. The molecule has 0 aliphatic rings. The Morgan fingerprint density at radius 1 is 1.53 bits per heavy atom. The van der Waals surface area contributed by atoms with Crippen LogP contribution in [0.25, 0.3) is 0 Å². The fourth-order valence-corrected chi connectivity index (χ4v) is 2.40. The second-order valence-corrected chi connectivity index (χ2v) is 5.20. The number of pyridine rings is 1. The number of rotatable bonds is 3. The molecule has 0 saturated heterocycles. The summed E-state index contributed by atoms with van der Waals surface area (Å²) in [6.45, 7) is 2.89. The summed E-state index contributed by atoms with van der Waals surface area (Å²) in [4.78, 5) is 5.64. The molecule has 15 heavy (non-hydrogen) atoms. The molecule has 4 heteroatoms. The summed E-state index contributed by atoms with van der Waals surface area (Å²) in [5.74, 6) is 0.951. The van der Waals surface area contributed by atoms with Gasteiger partial charge in [-0.25, -0.2) is 4.98 Å². The minimum atomic E-state index is 0.840. The summed E-state index contributed by atoms with van der Waals surface area (Å²) >= 11 is 5.15. The molecule has 0 bridgehead atoms. The van der Waals surface area contributed by atoms with Crippen molar-refractivity contribution in [2.75, 3.05) is 5.32 Å². The van der Waals surface area contributed by atoms with Crippen LogP contribution < -0.4 is 5.32 Å². The normalized spacial score (nSPS) is 10.3. The molecule has 0 aliphatic carbocycles. The minimum Gasteiger partial charge on any atom is -0.365 e. The Balaban J connectivity index is 2.05. The van der Waals surface area contributed by atoms with Gasteiger partial charge in [-0.1, -0.05) is 6.07 Å². The third kappa shape index (κ3) is 2.79. The van der Waals surface area contributed by atoms with Crippen LogP contribution in [0.4, 0.5) is 5.82 Å². The third-order valence-corrected chi connectivity index (χ3v) is 3.37. The highest BCUT2D eigenvalue weighted by molar-refractivity contribution is 9.10. The van der Waals surface area contributed by atoms with Crippen LogP contribution in [0.2, 0.25) is 0 Å². The largest absolute Gasteiger partial charge is 0.365 e. The van der Waals surface area contributed by atoms with Gasteiger partial charge in [0.2, 0.25) is 0 Å². The number of aryl methyl sites for hydroxylation is 1. The van der Waals surface area contributed by atoms with Crippen LogP contribution in [0.1, 0.15) is 10.4 Å². The summed E-state index contributed by atoms with van der Waals surface area (Å²) in [6.07, 6.45) is 1.81. The Labute approximate surface area is 101 Å². The SMILES string of the molecule is Cc1cc(Br)cnc1NCc1cccs1. The van der Waals surface area contributed by atoms with E-state index in [4.69, 9.17) is 0 Å². The van der Waals surface area contributed by atoms with E-state index in [0.717, 1.165) is 22.4 Å². The summed E-state index contributed by atoms with van der Waals surface area (Å²) < 4.78 is 1.02. The van der Waals surface area contributed by atoms with Crippen LogP contribution in [-0.4, -0.2) is 4.98 Å². The van der Waals surface area contributed by atoms with Crippen LogP contribution in [0, 0.1) is 6.92 Å². The average Bonchev–Trinajstić information content (AvgIpc) is 2.69. The summed E-state index contributed by atoms with van der Waals surface area (Å²) in [5.41, 5.74) is 1.15. The quantitative estimate of drug-likeness (QED) is 0.926. The van der Waals surface area contributed by atoms with E-state index in [1.54, 1.807) is 11.3 Å². The standard InChI is InChI=1S/C11H11BrN2S/c1-8-5-9(12)6-13-11(8)14-7-10-3-2-4-15-10/h2-6H,7H2,1H3,(H,13,14). The fraction of sp³-hybridized carbons (Fsp3) is 0.182. The lowest BCUT2D eigenvalue weighted by atomic mass is 10.3. The Bertz CT molecular complexity index is 440. The molecule has 2 aromatic rings. The molecule has 2 heterocycles. The first-order chi connectivity index (χ1) is 7.25. The van der Waals surface area contributed by atoms with Crippen molar-refractivity contribution >= 4 is 33.1 Å². The first-order valence-corrected chi connectivity index (χ1v) is 6.31. The van der Waals surface area contributed by atoms with Gasteiger partial charge in [0, 0.05) is 15.5 Å². The zero-order valence-corrected chi connectivity index (χ0v) is 10.7. The van der Waals surface area contributed by atoms with Gasteiger partial charge in [-0.2, -0.15) is 0 Å². The Kier molecular flexibility index (Phi) is 3.38. The molecule has 0 fully saturated rings. The van der Waals surface area contributed by atoms with Gasteiger partial charge in [0.15, 0.2) is 0 Å². The van der Waals surface area contributed by atoms with Gasteiger partial charge in [0.25, 0.3) is 0 Å². The number of nitrogens with zero attached hydrogens (tertiary/aromatic N) is 1. The molecule has 0 spiro atoms. The number of thiophene rings is 1. The number of nitrogens with one attached hydrogen (secondary N) is 1. The molecule has 0 aliphatic heterocycles. The van der Waals surface area contributed by atoms with E-state index in [1.807, 2.05) is 6.20 Å². The van der Waals surface area contributed by atoms with Crippen LogP contribution in [0.3, 0.4) is 0 Å². The van der Waals surface area contributed by atoms with Gasteiger partial charge >= 0.3 is 0 Å². The number of hydrogen-bond acceptors (Lipinski definition) is 3. The number of halogens is 1. The zero-order valence-electron chi connectivity index (χ0n) is 8.33. The zero-order chi connectivity index (χ0) is 10.7. The molecule has 0 atom stereocenters. The van der Waals surface area contributed by atoms with Gasteiger partial charge in [-0.3, -0.25) is 0 Å². The van der Waals surface area contributed by atoms with Crippen molar-refractivity contribution in [1.82, 2.24) is 4.98 Å². The number of anilines is 1. The maximum absolute atomic E-state index is 4.32. The maximum atomic E-state index is 4.32. The van der Waals surface area contributed by atoms with E-state index in [-0.39, 0.29) is 0 Å². The van der Waals surface area contributed by atoms with Crippen LogP contribution in [-0.2, 0) is 6.54 Å². The first kappa shape index (κ1) is 10.6. The smallest absolute Gasteiger partial charge is 0.129 e. The van der Waals surface area contributed by atoms with Gasteiger partial charge in [-0.05, 0) is 45.9 Å². The molecule has 2 aromatic heterocycles. The predicted octanol–water partition coefficient (Wildman–Crippen LogP) is 3.83. The van der Waals surface area contributed by atoms with E-state index in [1.165, 1.54) is 4.88 Å². The monoisotopic (exact) mass is 282 g/mol. The molecule has 2 rings (SSSR count). The second kappa shape index (κ2) is 4.77. The van der Waals surface area contributed by atoms with Crippen molar-refractivity contribution in [3.8, 4) is 0 Å². The Hall–Kier alpha value is -0.870. The summed E-state index contributed by atoms with van der Waals surface area (Å²) in [7, 11) is 0. The highest BCUT2D eigenvalue weighted by Gasteiger charge is 2.00. The van der Waals surface area contributed by atoms with Crippen LogP contribution in [0.15, 0.2) is 34.2 Å². The van der Waals surface area contributed by atoms with Gasteiger partial charge < -0.3 is 5.32 Å². The van der Waals surface area contributed by atoms with E-state index < -0.39 is 0 Å². The topological polar surface area (TPSA) is 24.9 Å². The van der Waals surface area contributed by atoms with E-state index in [0.29, 0.717) is 0 Å². The van der Waals surface area contributed by atoms with Crippen molar-refractivity contribution in [2.45, 2.75) is 13.5 Å². The molecule has 0 radical (unpaired) electrons. The third-order valence-electron chi connectivity index (χ3n) is 2.06. The Morgan fingerprint density at radius 3 is 3.07 bits per heavy atom. The first-order valence-electron chi connectivity index (χ1n) is 4.64. The van der Waals surface area contributed by atoms with E-state index >= 15 is 0 Å². The summed E-state index contributed by atoms with van der Waals surface area (Å²) in [6, 6.07) is 6.24. The van der Waals surface area contributed by atoms with Crippen molar-refractivity contribution in [1.29, 1.82) is 0 Å². The molecular weight excluding hydrogens is 272 g/mol. The Morgan fingerprint density at radius 2 is 2.40 bits per heavy atom. The van der Waals surface area contributed by atoms with Crippen molar-refractivity contribution in [2.24, 2.45) is 0 Å². The highest BCUT2D eigenvalue weighted by atomic mass is 79.9. The molecule has 1 N–H and O–H groups in total. The van der Waals surface area contributed by atoms with Crippen molar-refractivity contribution in [3.05, 3.63) is 44.7 Å². The minimum absolute atomic E-state index is 0.840. The summed E-state index contributed by atoms with van der Waals surface area (Å²) in [5, 5.41) is 5.40. The van der Waals surface area contributed by atoms with E-state index in [2.05, 4.69) is 56.7 Å². The van der Waals surface area contributed by atoms with Crippen molar-refractivity contribution in [3.63, 3.8) is 0 Å². The van der Waals surface area contributed by atoms with E-state index in [9.17, 15) is 0 Å². The number of hydrogen-bond donors (Lipinski definition) is 1. The van der Waals surface area contributed by atoms with Crippen LogP contribution in [0.5, 0.6) is 0 Å². The van der Waals surface area contributed by atoms with Crippen molar-refractivity contribution < 1.29 is 0 Å². The van der Waals surface area contributed by atoms with Crippen LogP contribution >= 0.6 is 27.3 Å². The average molecular weight is 283 g/mol. The molecule has 0 amide bonds. The fourth-order valence-electron chi connectivity index (χ4n) is 1.31. The van der Waals surface area contributed by atoms with Gasteiger partial charge in [0.1, 0.15) is 5.82 Å². The lowest BCUT2D eigenvalue weighted by molar-refractivity contribution is 1.12. The van der Waals surface area contributed by atoms with Gasteiger partial charge in [0.05, 0.1) is 6.54 Å². The second-order valence-electron chi connectivity index (χ2n) is 3.25. The molecule has 78 valence electrons. The maximum Gasteiger partial charge on any atom is 0.129 e. The predicted molar refractivity (Wildman–Crippen MR) is 68.3 cm³/mol. The highest BCUT2D eigenvalue weighted by Crippen LogP contribution is 2.18. The lowest BCUT2D eigenvalue weighted by Gasteiger charge is -2.07. The molecule has 0 saturated carbocycles. The number of aromatic nitrogens is 1. The van der Waals surface area contributed by atoms with Gasteiger partial charge in [-0.15, -0.1) is 11.3 Å². The molecular formula is C11H11BrN2S. The molecule has 0 unspecified atom stereocenters. The molecule has 0 aromatic carbocycles.